The summed E-state index contributed by atoms with van der Waals surface area (Å²) in [5.74, 6) is -0.926. The number of amides is 1. The van der Waals surface area contributed by atoms with Gasteiger partial charge in [0.05, 0.1) is 18.8 Å². The molecule has 0 spiro atoms. The first-order valence-electron chi connectivity index (χ1n) is 10.4. The maximum Gasteiger partial charge on any atom is 0.254 e. The highest BCUT2D eigenvalue weighted by Crippen LogP contribution is 2.32. The van der Waals surface area contributed by atoms with Gasteiger partial charge in [-0.2, -0.15) is 0 Å². The van der Waals surface area contributed by atoms with E-state index in [1.54, 1.807) is 18.3 Å². The molecule has 7 heteroatoms. The minimum atomic E-state index is -0.514. The Morgan fingerprint density at radius 3 is 2.65 bits per heavy atom. The Labute approximate surface area is 185 Å². The van der Waals surface area contributed by atoms with E-state index in [2.05, 4.69) is 15.2 Å². The van der Waals surface area contributed by atoms with Crippen LogP contribution in [0, 0.1) is 12.7 Å². The van der Waals surface area contributed by atoms with E-state index in [4.69, 9.17) is 4.74 Å². The van der Waals surface area contributed by atoms with E-state index < -0.39 is 11.7 Å². The fourth-order valence-electron chi connectivity index (χ4n) is 3.74. The topological polar surface area (TPSA) is 54.5 Å². The molecular formula is C24H26FN3O2S. The number of nitrogens with zero attached hydrogens (tertiary/aromatic N) is 2. The summed E-state index contributed by atoms with van der Waals surface area (Å²) < 4.78 is 20.9. The van der Waals surface area contributed by atoms with Gasteiger partial charge in [-0.05, 0) is 31.5 Å². The van der Waals surface area contributed by atoms with Gasteiger partial charge in [-0.15, -0.1) is 11.3 Å². The summed E-state index contributed by atoms with van der Waals surface area (Å²) in [5, 5.41) is 5.59. The molecule has 0 saturated carbocycles. The fourth-order valence-corrected chi connectivity index (χ4v) is 4.37. The average Bonchev–Trinajstić information content (AvgIpc) is 3.30. The number of ether oxygens (including phenoxy) is 1. The zero-order valence-corrected chi connectivity index (χ0v) is 18.5. The third-order valence-corrected chi connectivity index (χ3v) is 6.19. The van der Waals surface area contributed by atoms with Crippen LogP contribution in [0.5, 0.6) is 0 Å². The van der Waals surface area contributed by atoms with Crippen LogP contribution in [0.3, 0.4) is 0 Å². The van der Waals surface area contributed by atoms with Gasteiger partial charge in [0.2, 0.25) is 0 Å². The first-order valence-corrected chi connectivity index (χ1v) is 11.3. The molecule has 1 aliphatic rings. The second-order valence-corrected chi connectivity index (χ2v) is 8.77. The molecule has 1 fully saturated rings. The molecule has 1 aliphatic heterocycles. The molecule has 0 bridgehead atoms. The van der Waals surface area contributed by atoms with E-state index in [9.17, 15) is 4.79 Å². The number of carbonyl (C=O) groups is 1. The van der Waals surface area contributed by atoms with Crippen molar-refractivity contribution >= 4 is 17.2 Å². The summed E-state index contributed by atoms with van der Waals surface area (Å²) in [6.07, 6.45) is 1.71. The third kappa shape index (κ3) is 5.18. The number of thiazole rings is 1. The Balaban J connectivity index is 1.63. The summed E-state index contributed by atoms with van der Waals surface area (Å²) in [7, 11) is 0. The van der Waals surface area contributed by atoms with Crippen LogP contribution in [0.15, 0.2) is 48.0 Å². The van der Waals surface area contributed by atoms with Gasteiger partial charge in [0.15, 0.2) is 0 Å². The Bertz CT molecular complexity index is 1030. The second kappa shape index (κ2) is 9.68. The monoisotopic (exact) mass is 439 g/mol. The Hall–Kier alpha value is -2.61. The van der Waals surface area contributed by atoms with Crippen molar-refractivity contribution in [2.45, 2.75) is 19.9 Å². The number of aryl methyl sites for hydroxylation is 1. The van der Waals surface area contributed by atoms with Crippen LogP contribution in [-0.2, 0) is 4.74 Å². The Morgan fingerprint density at radius 2 is 1.97 bits per heavy atom. The largest absolute Gasteiger partial charge is 0.379 e. The summed E-state index contributed by atoms with van der Waals surface area (Å²) >= 11 is 1.46. The van der Waals surface area contributed by atoms with Gasteiger partial charge in [0, 0.05) is 48.4 Å². The molecule has 4 rings (SSSR count). The molecule has 1 amide bonds. The number of hydrogen-bond acceptors (Lipinski definition) is 5. The van der Waals surface area contributed by atoms with Crippen molar-refractivity contribution in [3.63, 3.8) is 0 Å². The summed E-state index contributed by atoms with van der Waals surface area (Å²) in [5.41, 5.74) is 3.00. The maximum absolute atomic E-state index is 15.5. The number of carbonyl (C=O) groups excluding carboxylic acids is 1. The van der Waals surface area contributed by atoms with Crippen molar-refractivity contribution in [2.24, 2.45) is 0 Å². The summed E-state index contributed by atoms with van der Waals surface area (Å²) in [4.78, 5) is 19.7. The standard InChI is InChI=1S/C24H26FN3O2S/c1-16-3-5-18(6-4-16)20-13-19(24-26-7-12-31-24)14-21(22(20)25)23(29)27-17(2)15-28-8-10-30-11-9-28/h3-7,12-14,17H,8-11,15H2,1-2H3,(H,27,29). The zero-order chi connectivity index (χ0) is 21.8. The molecule has 2 heterocycles. The van der Waals surface area contributed by atoms with E-state index in [1.807, 2.05) is 43.5 Å². The highest BCUT2D eigenvalue weighted by atomic mass is 32.1. The molecule has 3 aromatic rings. The lowest BCUT2D eigenvalue weighted by Crippen LogP contribution is -2.46. The van der Waals surface area contributed by atoms with Gasteiger partial charge in [-0.25, -0.2) is 9.37 Å². The lowest BCUT2D eigenvalue weighted by atomic mass is 9.97. The number of benzene rings is 2. The van der Waals surface area contributed by atoms with Crippen molar-refractivity contribution in [1.29, 1.82) is 0 Å². The fraction of sp³-hybridized carbons (Fsp3) is 0.333. The second-order valence-electron chi connectivity index (χ2n) is 7.88. The quantitative estimate of drug-likeness (QED) is 0.620. The number of hydrogen-bond donors (Lipinski definition) is 1. The predicted molar refractivity (Wildman–Crippen MR) is 122 cm³/mol. The number of morpholine rings is 1. The van der Waals surface area contributed by atoms with Gasteiger partial charge in [-0.1, -0.05) is 29.8 Å². The van der Waals surface area contributed by atoms with Crippen LogP contribution in [0.25, 0.3) is 21.7 Å². The molecule has 5 nitrogen and oxygen atoms in total. The molecule has 1 N–H and O–H groups in total. The molecule has 1 unspecified atom stereocenters. The van der Waals surface area contributed by atoms with Crippen LogP contribution in [0.2, 0.25) is 0 Å². The van der Waals surface area contributed by atoms with Crippen molar-refractivity contribution < 1.29 is 13.9 Å². The normalized spacial score (nSPS) is 15.6. The molecular weight excluding hydrogens is 413 g/mol. The number of aromatic nitrogens is 1. The van der Waals surface area contributed by atoms with E-state index in [0.717, 1.165) is 34.8 Å². The average molecular weight is 440 g/mol. The lowest BCUT2D eigenvalue weighted by molar-refractivity contribution is 0.0342. The van der Waals surface area contributed by atoms with Gasteiger partial charge in [-0.3, -0.25) is 9.69 Å². The Kier molecular flexibility index (Phi) is 6.75. The maximum atomic E-state index is 15.5. The molecule has 162 valence electrons. The number of halogens is 1. The van der Waals surface area contributed by atoms with Crippen LogP contribution < -0.4 is 5.32 Å². The van der Waals surface area contributed by atoms with E-state index in [-0.39, 0.29) is 11.6 Å². The van der Waals surface area contributed by atoms with Gasteiger partial charge in [0.25, 0.3) is 5.91 Å². The van der Waals surface area contributed by atoms with Crippen LogP contribution in [0.4, 0.5) is 4.39 Å². The molecule has 0 aliphatic carbocycles. The van der Waals surface area contributed by atoms with E-state index in [0.29, 0.717) is 25.3 Å². The molecule has 31 heavy (non-hydrogen) atoms. The molecule has 1 aromatic heterocycles. The van der Waals surface area contributed by atoms with Crippen molar-refractivity contribution in [1.82, 2.24) is 15.2 Å². The summed E-state index contributed by atoms with van der Waals surface area (Å²) in [6.45, 7) is 7.71. The van der Waals surface area contributed by atoms with E-state index >= 15 is 4.39 Å². The first kappa shape index (κ1) is 21.6. The molecule has 1 saturated heterocycles. The predicted octanol–water partition coefficient (Wildman–Crippen LogP) is 4.38. The highest BCUT2D eigenvalue weighted by molar-refractivity contribution is 7.13. The Morgan fingerprint density at radius 1 is 1.23 bits per heavy atom. The molecule has 2 aromatic carbocycles. The van der Waals surface area contributed by atoms with Crippen molar-refractivity contribution in [3.05, 3.63) is 64.9 Å². The minimum absolute atomic E-state index is 0.0390. The molecule has 0 radical (unpaired) electrons. The van der Waals surface area contributed by atoms with Crippen LogP contribution >= 0.6 is 11.3 Å². The van der Waals surface area contributed by atoms with Gasteiger partial charge >= 0.3 is 0 Å². The van der Waals surface area contributed by atoms with Gasteiger partial charge < -0.3 is 10.1 Å². The minimum Gasteiger partial charge on any atom is -0.379 e. The first-order chi connectivity index (χ1) is 15.0. The third-order valence-electron chi connectivity index (χ3n) is 5.37. The lowest BCUT2D eigenvalue weighted by Gasteiger charge is -2.29. The number of nitrogens with one attached hydrogen (secondary N) is 1. The smallest absolute Gasteiger partial charge is 0.254 e. The van der Waals surface area contributed by atoms with Crippen molar-refractivity contribution in [2.75, 3.05) is 32.8 Å². The van der Waals surface area contributed by atoms with Crippen LogP contribution in [-0.4, -0.2) is 54.7 Å². The SMILES string of the molecule is Cc1ccc(-c2cc(-c3nccs3)cc(C(=O)NC(C)CN3CCOCC3)c2F)cc1. The zero-order valence-electron chi connectivity index (χ0n) is 17.7. The van der Waals surface area contributed by atoms with Gasteiger partial charge in [0.1, 0.15) is 10.8 Å². The van der Waals surface area contributed by atoms with Crippen molar-refractivity contribution in [3.8, 4) is 21.7 Å². The highest BCUT2D eigenvalue weighted by Gasteiger charge is 2.22. The summed E-state index contributed by atoms with van der Waals surface area (Å²) in [6, 6.07) is 10.9. The van der Waals surface area contributed by atoms with Crippen LogP contribution in [0.1, 0.15) is 22.8 Å². The molecule has 1 atom stereocenters. The number of rotatable bonds is 6. The van der Waals surface area contributed by atoms with E-state index in [1.165, 1.54) is 11.3 Å².